The van der Waals surface area contributed by atoms with Gasteiger partial charge in [0.25, 0.3) is 0 Å². The molecular weight excluding hydrogens is 298 g/mol. The van der Waals surface area contributed by atoms with Crippen molar-refractivity contribution in [3.63, 3.8) is 0 Å². The van der Waals surface area contributed by atoms with Gasteiger partial charge in [0, 0.05) is 3.57 Å². The highest BCUT2D eigenvalue weighted by molar-refractivity contribution is 14.1. The zero-order valence-electron chi connectivity index (χ0n) is 7.90. The van der Waals surface area contributed by atoms with E-state index in [1.54, 1.807) is 7.11 Å². The van der Waals surface area contributed by atoms with E-state index in [0.717, 1.165) is 14.9 Å². The van der Waals surface area contributed by atoms with Crippen molar-refractivity contribution in [2.45, 2.75) is 18.7 Å². The number of hydrogen-bond acceptors (Lipinski definition) is 1. The third-order valence-corrected chi connectivity index (χ3v) is 2.91. The normalized spacial score (nSPS) is 11.5. The van der Waals surface area contributed by atoms with Crippen LogP contribution in [0.5, 0.6) is 5.75 Å². The monoisotopic (exact) mass is 310 g/mol. The van der Waals surface area contributed by atoms with Gasteiger partial charge in [-0.1, -0.05) is 6.07 Å². The fraction of sp³-hybridized carbons (Fsp3) is 0.400. The highest BCUT2D eigenvalue weighted by atomic mass is 127. The molecule has 0 amide bonds. The molecule has 0 aliphatic carbocycles. The summed E-state index contributed by atoms with van der Waals surface area (Å²) in [5.74, 6) is 0.870. The van der Waals surface area contributed by atoms with Crippen LogP contribution in [0.1, 0.15) is 19.4 Å². The Labute approximate surface area is 97.6 Å². The predicted octanol–water partition coefficient (Wildman–Crippen LogP) is 3.77. The molecule has 0 aromatic heterocycles. The Kier molecular flexibility index (Phi) is 3.46. The molecule has 1 rings (SSSR count). The zero-order valence-corrected chi connectivity index (χ0v) is 10.8. The first-order valence-electron chi connectivity index (χ1n) is 3.98. The standard InChI is InChI=1S/C10H12ClIO/c1-10(2,11)8-5-4-7(13-3)6-9(8)12/h4-6H,1-3H3. The minimum absolute atomic E-state index is 0.317. The Morgan fingerprint density at radius 3 is 2.38 bits per heavy atom. The van der Waals surface area contributed by atoms with E-state index in [-0.39, 0.29) is 4.87 Å². The molecule has 0 N–H and O–H groups in total. The second-order valence-electron chi connectivity index (χ2n) is 3.32. The van der Waals surface area contributed by atoms with E-state index in [1.165, 1.54) is 0 Å². The molecule has 72 valence electrons. The van der Waals surface area contributed by atoms with E-state index < -0.39 is 0 Å². The quantitative estimate of drug-likeness (QED) is 0.597. The number of hydrogen-bond donors (Lipinski definition) is 0. The lowest BCUT2D eigenvalue weighted by atomic mass is 10.0. The summed E-state index contributed by atoms with van der Waals surface area (Å²) in [5.41, 5.74) is 1.13. The predicted molar refractivity (Wildman–Crippen MR) is 64.6 cm³/mol. The highest BCUT2D eigenvalue weighted by Crippen LogP contribution is 2.33. The third kappa shape index (κ3) is 2.74. The maximum Gasteiger partial charge on any atom is 0.119 e. The van der Waals surface area contributed by atoms with E-state index >= 15 is 0 Å². The number of alkyl halides is 1. The van der Waals surface area contributed by atoms with Gasteiger partial charge in [-0.15, -0.1) is 11.6 Å². The van der Waals surface area contributed by atoms with E-state index in [9.17, 15) is 0 Å². The van der Waals surface area contributed by atoms with Crippen LogP contribution in [0.3, 0.4) is 0 Å². The summed E-state index contributed by atoms with van der Waals surface area (Å²) < 4.78 is 6.25. The van der Waals surface area contributed by atoms with Crippen molar-refractivity contribution in [3.8, 4) is 5.75 Å². The number of ether oxygens (including phenoxy) is 1. The van der Waals surface area contributed by atoms with Crippen LogP contribution in [-0.4, -0.2) is 7.11 Å². The molecule has 1 aromatic carbocycles. The third-order valence-electron chi connectivity index (χ3n) is 1.82. The minimum atomic E-state index is -0.317. The van der Waals surface area contributed by atoms with Gasteiger partial charge in [0.05, 0.1) is 12.0 Å². The summed E-state index contributed by atoms with van der Waals surface area (Å²) in [6.07, 6.45) is 0. The van der Waals surface area contributed by atoms with Crippen molar-refractivity contribution < 1.29 is 4.74 Å². The van der Waals surface area contributed by atoms with E-state index in [1.807, 2.05) is 32.0 Å². The SMILES string of the molecule is COc1ccc(C(C)(C)Cl)c(I)c1. The number of benzene rings is 1. The van der Waals surface area contributed by atoms with Gasteiger partial charge in [-0.05, 0) is 54.1 Å². The summed E-state index contributed by atoms with van der Waals surface area (Å²) in [4.78, 5) is -0.317. The van der Waals surface area contributed by atoms with Crippen LogP contribution in [-0.2, 0) is 4.87 Å². The van der Waals surface area contributed by atoms with E-state index in [4.69, 9.17) is 16.3 Å². The molecule has 0 fully saturated rings. The zero-order chi connectivity index (χ0) is 10.1. The first-order chi connectivity index (χ1) is 5.95. The van der Waals surface area contributed by atoms with Gasteiger partial charge < -0.3 is 4.74 Å². The van der Waals surface area contributed by atoms with E-state index in [2.05, 4.69) is 22.6 Å². The molecule has 0 saturated carbocycles. The van der Waals surface area contributed by atoms with Crippen LogP contribution in [0, 0.1) is 3.57 Å². The lowest BCUT2D eigenvalue weighted by Crippen LogP contribution is -2.09. The molecule has 0 aliphatic heterocycles. The van der Waals surface area contributed by atoms with Crippen LogP contribution in [0.15, 0.2) is 18.2 Å². The molecule has 0 saturated heterocycles. The summed E-state index contributed by atoms with van der Waals surface area (Å²) in [6, 6.07) is 5.93. The molecule has 0 heterocycles. The molecule has 0 spiro atoms. The minimum Gasteiger partial charge on any atom is -0.497 e. The van der Waals surface area contributed by atoms with Crippen molar-refractivity contribution >= 4 is 34.2 Å². The number of rotatable bonds is 2. The fourth-order valence-corrected chi connectivity index (χ4v) is 2.59. The number of methoxy groups -OCH3 is 1. The Morgan fingerprint density at radius 2 is 2.00 bits per heavy atom. The van der Waals surface area contributed by atoms with Gasteiger partial charge in [-0.3, -0.25) is 0 Å². The summed E-state index contributed by atoms with van der Waals surface area (Å²) in [5, 5.41) is 0. The van der Waals surface area contributed by atoms with Crippen molar-refractivity contribution in [3.05, 3.63) is 27.3 Å². The van der Waals surface area contributed by atoms with Gasteiger partial charge in [0.15, 0.2) is 0 Å². The smallest absolute Gasteiger partial charge is 0.119 e. The van der Waals surface area contributed by atoms with Crippen LogP contribution in [0.2, 0.25) is 0 Å². The van der Waals surface area contributed by atoms with Gasteiger partial charge in [0.1, 0.15) is 5.75 Å². The molecule has 0 aliphatic rings. The molecule has 13 heavy (non-hydrogen) atoms. The summed E-state index contributed by atoms with van der Waals surface area (Å²) >= 11 is 8.48. The van der Waals surface area contributed by atoms with E-state index in [0.29, 0.717) is 0 Å². The Hall–Kier alpha value is 0.0400. The van der Waals surface area contributed by atoms with Gasteiger partial charge in [-0.2, -0.15) is 0 Å². The Bertz CT molecular complexity index is 304. The first kappa shape index (κ1) is 11.1. The summed E-state index contributed by atoms with van der Waals surface area (Å²) in [7, 11) is 1.66. The maximum absolute atomic E-state index is 6.21. The van der Waals surface area contributed by atoms with Crippen LogP contribution in [0.4, 0.5) is 0 Å². The van der Waals surface area contributed by atoms with Crippen LogP contribution >= 0.6 is 34.2 Å². The molecule has 0 radical (unpaired) electrons. The molecule has 3 heteroatoms. The van der Waals surface area contributed by atoms with Gasteiger partial charge in [0.2, 0.25) is 0 Å². The molecular formula is C10H12ClIO. The van der Waals surface area contributed by atoms with Gasteiger partial charge >= 0.3 is 0 Å². The largest absolute Gasteiger partial charge is 0.497 e. The number of halogens is 2. The van der Waals surface area contributed by atoms with Crippen molar-refractivity contribution in [1.29, 1.82) is 0 Å². The average molecular weight is 311 g/mol. The molecule has 1 aromatic rings. The Balaban J connectivity index is 3.13. The van der Waals surface area contributed by atoms with Crippen LogP contribution in [0.25, 0.3) is 0 Å². The van der Waals surface area contributed by atoms with Crippen LogP contribution < -0.4 is 4.74 Å². The van der Waals surface area contributed by atoms with Crippen molar-refractivity contribution in [2.24, 2.45) is 0 Å². The molecule has 1 nitrogen and oxygen atoms in total. The lowest BCUT2D eigenvalue weighted by Gasteiger charge is -2.18. The highest BCUT2D eigenvalue weighted by Gasteiger charge is 2.19. The maximum atomic E-state index is 6.21. The molecule has 0 bridgehead atoms. The van der Waals surface area contributed by atoms with Crippen molar-refractivity contribution in [2.75, 3.05) is 7.11 Å². The molecule has 0 unspecified atom stereocenters. The Morgan fingerprint density at radius 1 is 1.38 bits per heavy atom. The first-order valence-corrected chi connectivity index (χ1v) is 5.44. The van der Waals surface area contributed by atoms with Gasteiger partial charge in [-0.25, -0.2) is 0 Å². The average Bonchev–Trinajstić information content (AvgIpc) is 2.01. The second kappa shape index (κ2) is 4.05. The molecule has 0 atom stereocenters. The summed E-state index contributed by atoms with van der Waals surface area (Å²) in [6.45, 7) is 3.97. The van der Waals surface area contributed by atoms with Crippen molar-refractivity contribution in [1.82, 2.24) is 0 Å². The topological polar surface area (TPSA) is 9.23 Å². The lowest BCUT2D eigenvalue weighted by molar-refractivity contribution is 0.414. The fourth-order valence-electron chi connectivity index (χ4n) is 1.10. The second-order valence-corrected chi connectivity index (χ2v) is 5.43.